The number of fused-ring (bicyclic) bond motifs is 1. The topological polar surface area (TPSA) is 83.6 Å². The van der Waals surface area contributed by atoms with E-state index in [0.717, 1.165) is 5.56 Å². The largest absolute Gasteiger partial charge is 0.479 e. The molecular weight excluding hydrogens is 284 g/mol. The minimum Gasteiger partial charge on any atom is -0.479 e. The van der Waals surface area contributed by atoms with Gasteiger partial charge in [0.25, 0.3) is 0 Å². The molecule has 0 bridgehead atoms. The first-order chi connectivity index (χ1) is 10.7. The van der Waals surface area contributed by atoms with Crippen LogP contribution in [0.1, 0.15) is 29.3 Å². The Morgan fingerprint density at radius 3 is 3.00 bits per heavy atom. The van der Waals surface area contributed by atoms with Gasteiger partial charge in [0.05, 0.1) is 6.26 Å². The van der Waals surface area contributed by atoms with Crippen molar-refractivity contribution in [1.82, 2.24) is 9.88 Å². The lowest BCUT2D eigenvalue weighted by Crippen LogP contribution is -2.43. The van der Waals surface area contributed by atoms with Crippen molar-refractivity contribution in [2.24, 2.45) is 0 Å². The van der Waals surface area contributed by atoms with Crippen molar-refractivity contribution in [2.75, 3.05) is 6.54 Å². The summed E-state index contributed by atoms with van der Waals surface area (Å²) < 4.78 is 5.28. The number of carboxylic acids is 1. The molecule has 0 fully saturated rings. The Bertz CT molecular complexity index is 680. The number of hydrogen-bond acceptors (Lipinski definition) is 4. The number of pyridine rings is 1. The molecule has 2 aromatic heterocycles. The number of carbonyl (C=O) groups is 2. The van der Waals surface area contributed by atoms with E-state index in [1.165, 1.54) is 11.2 Å². The summed E-state index contributed by atoms with van der Waals surface area (Å²) in [5, 5.41) is 9.46. The molecule has 0 spiro atoms. The van der Waals surface area contributed by atoms with Crippen LogP contribution in [0, 0.1) is 0 Å². The molecule has 6 nitrogen and oxygen atoms in total. The molecule has 0 saturated heterocycles. The van der Waals surface area contributed by atoms with Gasteiger partial charge in [-0.1, -0.05) is 6.07 Å². The smallest absolute Gasteiger partial charge is 0.331 e. The maximum absolute atomic E-state index is 12.4. The average molecular weight is 300 g/mol. The van der Waals surface area contributed by atoms with Crippen LogP contribution in [0.25, 0.3) is 0 Å². The minimum atomic E-state index is -1.03. The number of aromatic nitrogens is 1. The zero-order chi connectivity index (χ0) is 15.5. The molecule has 6 heteroatoms. The fourth-order valence-electron chi connectivity index (χ4n) is 2.79. The standard InChI is InChI=1S/C16H16N2O4/c19-14(4-3-11-2-1-7-17-10-11)18-8-5-13-12(6-9-22-13)15(18)16(20)21/h1-2,6-7,9-10,15H,3-5,8H2,(H,20,21). The number of carboxylic acid groups (broad SMARTS) is 1. The highest BCUT2D eigenvalue weighted by molar-refractivity contribution is 5.85. The van der Waals surface area contributed by atoms with Crippen LogP contribution in [-0.2, 0) is 22.4 Å². The van der Waals surface area contributed by atoms with E-state index in [0.29, 0.717) is 30.7 Å². The van der Waals surface area contributed by atoms with Gasteiger partial charge in [-0.2, -0.15) is 0 Å². The number of hydrogen-bond donors (Lipinski definition) is 1. The summed E-state index contributed by atoms with van der Waals surface area (Å²) >= 11 is 0. The summed E-state index contributed by atoms with van der Waals surface area (Å²) in [5.41, 5.74) is 1.54. The van der Waals surface area contributed by atoms with Gasteiger partial charge in [-0.05, 0) is 24.1 Å². The van der Waals surface area contributed by atoms with Crippen LogP contribution in [0.2, 0.25) is 0 Å². The highest BCUT2D eigenvalue weighted by atomic mass is 16.4. The highest BCUT2D eigenvalue weighted by Gasteiger charge is 2.37. The predicted octanol–water partition coefficient (Wildman–Crippen LogP) is 1.82. The third-order valence-corrected chi connectivity index (χ3v) is 3.87. The van der Waals surface area contributed by atoms with E-state index in [-0.39, 0.29) is 12.3 Å². The average Bonchev–Trinajstić information content (AvgIpc) is 3.00. The van der Waals surface area contributed by atoms with Gasteiger partial charge in [-0.25, -0.2) is 4.79 Å². The lowest BCUT2D eigenvalue weighted by Gasteiger charge is -2.32. The summed E-state index contributed by atoms with van der Waals surface area (Å²) in [5.74, 6) is -0.538. The first kappa shape index (κ1) is 14.3. The second kappa shape index (κ2) is 6.01. The lowest BCUT2D eigenvalue weighted by atomic mass is 9.98. The summed E-state index contributed by atoms with van der Waals surface area (Å²) in [7, 11) is 0. The summed E-state index contributed by atoms with van der Waals surface area (Å²) in [6.45, 7) is 0.364. The van der Waals surface area contributed by atoms with Crippen molar-refractivity contribution in [3.63, 3.8) is 0 Å². The molecule has 0 saturated carbocycles. The second-order valence-corrected chi connectivity index (χ2v) is 5.24. The molecular formula is C16H16N2O4. The normalized spacial score (nSPS) is 17.1. The highest BCUT2D eigenvalue weighted by Crippen LogP contribution is 2.31. The van der Waals surface area contributed by atoms with E-state index in [4.69, 9.17) is 4.42 Å². The summed E-state index contributed by atoms with van der Waals surface area (Å²) in [4.78, 5) is 29.4. The van der Waals surface area contributed by atoms with Gasteiger partial charge in [0.15, 0.2) is 6.04 Å². The Morgan fingerprint density at radius 1 is 1.41 bits per heavy atom. The Kier molecular flexibility index (Phi) is 3.91. The molecule has 1 aliphatic heterocycles. The monoisotopic (exact) mass is 300 g/mol. The Labute approximate surface area is 127 Å². The maximum atomic E-state index is 12.4. The van der Waals surface area contributed by atoms with Crippen LogP contribution in [-0.4, -0.2) is 33.4 Å². The molecule has 1 aliphatic rings. The SMILES string of the molecule is O=C(O)C1c2ccoc2CCN1C(=O)CCc1cccnc1. The molecule has 0 aliphatic carbocycles. The number of aliphatic carboxylic acids is 1. The van der Waals surface area contributed by atoms with Gasteiger partial charge in [-0.3, -0.25) is 9.78 Å². The van der Waals surface area contributed by atoms with Gasteiger partial charge >= 0.3 is 5.97 Å². The number of amides is 1. The first-order valence-electron chi connectivity index (χ1n) is 7.14. The van der Waals surface area contributed by atoms with Crippen molar-refractivity contribution in [2.45, 2.75) is 25.3 Å². The first-order valence-corrected chi connectivity index (χ1v) is 7.14. The van der Waals surface area contributed by atoms with Gasteiger partial charge in [-0.15, -0.1) is 0 Å². The predicted molar refractivity (Wildman–Crippen MR) is 77.1 cm³/mol. The van der Waals surface area contributed by atoms with Crippen LogP contribution in [0.4, 0.5) is 0 Å². The lowest BCUT2D eigenvalue weighted by molar-refractivity contribution is -0.151. The fraction of sp³-hybridized carbons (Fsp3) is 0.312. The molecule has 3 heterocycles. The second-order valence-electron chi connectivity index (χ2n) is 5.24. The molecule has 2 aromatic rings. The van der Waals surface area contributed by atoms with Crippen LogP contribution in [0.5, 0.6) is 0 Å². The summed E-state index contributed by atoms with van der Waals surface area (Å²) in [6, 6.07) is 4.40. The zero-order valence-corrected chi connectivity index (χ0v) is 11.9. The van der Waals surface area contributed by atoms with Crippen LogP contribution in [0.15, 0.2) is 41.3 Å². The van der Waals surface area contributed by atoms with Crippen molar-refractivity contribution in [1.29, 1.82) is 0 Å². The molecule has 1 unspecified atom stereocenters. The van der Waals surface area contributed by atoms with Gasteiger partial charge in [0.2, 0.25) is 5.91 Å². The number of furan rings is 1. The van der Waals surface area contributed by atoms with Crippen LogP contribution < -0.4 is 0 Å². The fourth-order valence-corrected chi connectivity index (χ4v) is 2.79. The number of rotatable bonds is 4. The van der Waals surface area contributed by atoms with Crippen LogP contribution >= 0.6 is 0 Å². The van der Waals surface area contributed by atoms with Gasteiger partial charge in [0, 0.05) is 37.3 Å². The third-order valence-electron chi connectivity index (χ3n) is 3.87. The maximum Gasteiger partial charge on any atom is 0.331 e. The molecule has 3 rings (SSSR count). The zero-order valence-electron chi connectivity index (χ0n) is 11.9. The summed E-state index contributed by atoms with van der Waals surface area (Å²) in [6.07, 6.45) is 6.23. The van der Waals surface area contributed by atoms with Crippen molar-refractivity contribution < 1.29 is 19.1 Å². The molecule has 0 aromatic carbocycles. The van der Waals surface area contributed by atoms with Crippen molar-refractivity contribution in [3.05, 3.63) is 53.7 Å². The van der Waals surface area contributed by atoms with E-state index in [2.05, 4.69) is 4.98 Å². The minimum absolute atomic E-state index is 0.164. The molecule has 1 amide bonds. The molecule has 1 atom stereocenters. The number of aryl methyl sites for hydroxylation is 1. The van der Waals surface area contributed by atoms with E-state index < -0.39 is 12.0 Å². The molecule has 114 valence electrons. The molecule has 22 heavy (non-hydrogen) atoms. The Morgan fingerprint density at radius 2 is 2.27 bits per heavy atom. The number of carbonyl (C=O) groups excluding carboxylic acids is 1. The number of nitrogens with zero attached hydrogens (tertiary/aromatic N) is 2. The Balaban J connectivity index is 1.73. The van der Waals surface area contributed by atoms with E-state index in [9.17, 15) is 14.7 Å². The van der Waals surface area contributed by atoms with E-state index >= 15 is 0 Å². The van der Waals surface area contributed by atoms with Crippen molar-refractivity contribution in [3.8, 4) is 0 Å². The molecule has 0 radical (unpaired) electrons. The van der Waals surface area contributed by atoms with Crippen LogP contribution in [0.3, 0.4) is 0 Å². The van der Waals surface area contributed by atoms with E-state index in [1.54, 1.807) is 18.5 Å². The van der Waals surface area contributed by atoms with Gasteiger partial charge < -0.3 is 14.4 Å². The van der Waals surface area contributed by atoms with Crippen molar-refractivity contribution >= 4 is 11.9 Å². The molecule has 1 N–H and O–H groups in total. The Hall–Kier alpha value is -2.63. The van der Waals surface area contributed by atoms with E-state index in [1.807, 2.05) is 12.1 Å². The van der Waals surface area contributed by atoms with Gasteiger partial charge in [0.1, 0.15) is 5.76 Å². The quantitative estimate of drug-likeness (QED) is 0.931. The third kappa shape index (κ3) is 2.72.